The maximum absolute atomic E-state index is 8.98. The molecule has 0 aliphatic heterocycles. The van der Waals surface area contributed by atoms with E-state index < -0.39 is 0 Å². The highest BCUT2D eigenvalue weighted by Gasteiger charge is 2.38. The van der Waals surface area contributed by atoms with Crippen LogP contribution in [0.5, 0.6) is 0 Å². The summed E-state index contributed by atoms with van der Waals surface area (Å²) in [4.78, 5) is 2.26. The lowest BCUT2D eigenvalue weighted by Crippen LogP contribution is -2.52. The van der Waals surface area contributed by atoms with Gasteiger partial charge in [-0.25, -0.2) is 0 Å². The minimum absolute atomic E-state index is 0.262. The number of hydrogen-bond donors (Lipinski definition) is 2. The second-order valence-electron chi connectivity index (χ2n) is 6.16. The Balaban J connectivity index is 2.60. The summed E-state index contributed by atoms with van der Waals surface area (Å²) in [6.07, 6.45) is 3.98. The Morgan fingerprint density at radius 2 is 2.12 bits per heavy atom. The number of hydrogen-bond acceptors (Lipinski definition) is 3. The molecule has 0 spiro atoms. The smallest absolute Gasteiger partial charge is 0.0558 e. The van der Waals surface area contributed by atoms with Crippen molar-refractivity contribution in [1.29, 1.82) is 0 Å². The minimum Gasteiger partial charge on any atom is -0.395 e. The fraction of sp³-hybridized carbons (Fsp3) is 1.00. The maximum atomic E-state index is 8.98. The van der Waals surface area contributed by atoms with Crippen molar-refractivity contribution < 1.29 is 5.11 Å². The summed E-state index contributed by atoms with van der Waals surface area (Å²) < 4.78 is 0. The largest absolute Gasteiger partial charge is 0.395 e. The van der Waals surface area contributed by atoms with Crippen LogP contribution < -0.4 is 5.32 Å². The Morgan fingerprint density at radius 3 is 2.71 bits per heavy atom. The van der Waals surface area contributed by atoms with Crippen molar-refractivity contribution in [3.8, 4) is 0 Å². The molecule has 3 heteroatoms. The van der Waals surface area contributed by atoms with Gasteiger partial charge in [0.2, 0.25) is 0 Å². The van der Waals surface area contributed by atoms with Gasteiger partial charge in [0.25, 0.3) is 0 Å². The maximum Gasteiger partial charge on any atom is 0.0558 e. The summed E-state index contributed by atoms with van der Waals surface area (Å²) in [5, 5.41) is 12.7. The third-order valence-electron chi connectivity index (χ3n) is 4.16. The van der Waals surface area contributed by atoms with E-state index in [1.807, 2.05) is 0 Å². The van der Waals surface area contributed by atoms with Gasteiger partial charge >= 0.3 is 0 Å². The summed E-state index contributed by atoms with van der Waals surface area (Å²) in [6, 6.07) is 0.613. The quantitative estimate of drug-likeness (QED) is 0.744. The van der Waals surface area contributed by atoms with Crippen molar-refractivity contribution >= 4 is 0 Å². The molecule has 0 saturated heterocycles. The van der Waals surface area contributed by atoms with Crippen molar-refractivity contribution in [2.75, 3.05) is 33.3 Å². The third kappa shape index (κ3) is 4.23. The molecule has 0 amide bonds. The van der Waals surface area contributed by atoms with Gasteiger partial charge in [-0.2, -0.15) is 0 Å². The van der Waals surface area contributed by atoms with E-state index in [0.717, 1.165) is 25.6 Å². The molecule has 0 heterocycles. The van der Waals surface area contributed by atoms with Crippen LogP contribution >= 0.6 is 0 Å². The molecule has 1 aliphatic carbocycles. The van der Waals surface area contributed by atoms with Gasteiger partial charge < -0.3 is 15.3 Å². The lowest BCUT2D eigenvalue weighted by Gasteiger charge is -2.45. The molecule has 0 aromatic rings. The van der Waals surface area contributed by atoms with Gasteiger partial charge in [0.15, 0.2) is 0 Å². The first-order valence-electron chi connectivity index (χ1n) is 7.04. The molecular formula is C14H30N2O. The van der Waals surface area contributed by atoms with Crippen LogP contribution in [-0.4, -0.2) is 49.3 Å². The van der Waals surface area contributed by atoms with Crippen LogP contribution in [-0.2, 0) is 0 Å². The number of aliphatic hydroxyl groups excluding tert-OH is 1. The molecule has 0 aromatic heterocycles. The van der Waals surface area contributed by atoms with Crippen LogP contribution in [0.1, 0.15) is 40.0 Å². The molecule has 1 saturated carbocycles. The van der Waals surface area contributed by atoms with E-state index in [0.29, 0.717) is 11.5 Å². The highest BCUT2D eigenvalue weighted by molar-refractivity contribution is 4.94. The van der Waals surface area contributed by atoms with Gasteiger partial charge in [-0.05, 0) is 37.8 Å². The first kappa shape index (κ1) is 14.9. The van der Waals surface area contributed by atoms with E-state index in [4.69, 9.17) is 5.11 Å². The molecule has 0 aromatic carbocycles. The fourth-order valence-electron chi connectivity index (χ4n) is 3.30. The number of aliphatic hydroxyl groups is 1. The summed E-state index contributed by atoms with van der Waals surface area (Å²) in [5.41, 5.74) is 0.402. The highest BCUT2D eigenvalue weighted by Crippen LogP contribution is 2.39. The van der Waals surface area contributed by atoms with Gasteiger partial charge in [0.05, 0.1) is 6.61 Å². The molecule has 1 rings (SSSR count). The molecule has 102 valence electrons. The third-order valence-corrected chi connectivity index (χ3v) is 4.16. The molecule has 2 unspecified atom stereocenters. The molecule has 1 fully saturated rings. The van der Waals surface area contributed by atoms with Crippen LogP contribution in [0.25, 0.3) is 0 Å². The number of likely N-dealkylation sites (N-methyl/N-ethyl adjacent to an activating group) is 1. The summed E-state index contributed by atoms with van der Waals surface area (Å²) in [6.45, 7) is 10.2. The first-order chi connectivity index (χ1) is 8.01. The van der Waals surface area contributed by atoms with Gasteiger partial charge in [0, 0.05) is 19.1 Å². The van der Waals surface area contributed by atoms with Gasteiger partial charge in [0.1, 0.15) is 0 Å². The lowest BCUT2D eigenvalue weighted by atomic mass is 9.67. The average Bonchev–Trinajstić information content (AvgIpc) is 2.23. The highest BCUT2D eigenvalue weighted by atomic mass is 16.3. The van der Waals surface area contributed by atoms with E-state index in [-0.39, 0.29) is 6.61 Å². The summed E-state index contributed by atoms with van der Waals surface area (Å²) >= 11 is 0. The predicted molar refractivity (Wildman–Crippen MR) is 73.2 cm³/mol. The van der Waals surface area contributed by atoms with Crippen molar-refractivity contribution in [1.82, 2.24) is 10.2 Å². The molecule has 2 atom stereocenters. The zero-order valence-electron chi connectivity index (χ0n) is 12.0. The Kier molecular flexibility index (Phi) is 5.90. The van der Waals surface area contributed by atoms with Crippen LogP contribution in [0, 0.1) is 11.3 Å². The van der Waals surface area contributed by atoms with Gasteiger partial charge in [-0.3, -0.25) is 0 Å². The summed E-state index contributed by atoms with van der Waals surface area (Å²) in [5.74, 6) is 0.718. The van der Waals surface area contributed by atoms with Crippen molar-refractivity contribution in [3.63, 3.8) is 0 Å². The second kappa shape index (κ2) is 6.72. The molecular weight excluding hydrogens is 212 g/mol. The normalized spacial score (nSPS) is 28.6. The monoisotopic (exact) mass is 242 g/mol. The zero-order chi connectivity index (χ0) is 12.9. The number of nitrogens with one attached hydrogen (secondary N) is 1. The first-order valence-corrected chi connectivity index (χ1v) is 7.04. The second-order valence-corrected chi connectivity index (χ2v) is 6.16. The molecule has 2 N–H and O–H groups in total. The Labute approximate surface area is 107 Å². The predicted octanol–water partition coefficient (Wildman–Crippen LogP) is 1.71. The Morgan fingerprint density at radius 1 is 1.41 bits per heavy atom. The minimum atomic E-state index is 0.262. The van der Waals surface area contributed by atoms with E-state index in [9.17, 15) is 0 Å². The van der Waals surface area contributed by atoms with E-state index in [1.165, 1.54) is 19.3 Å². The Bertz CT molecular complexity index is 218. The molecule has 1 aliphatic rings. The van der Waals surface area contributed by atoms with E-state index >= 15 is 0 Å². The Hall–Kier alpha value is -0.120. The van der Waals surface area contributed by atoms with E-state index in [1.54, 1.807) is 0 Å². The van der Waals surface area contributed by atoms with Crippen molar-refractivity contribution in [3.05, 3.63) is 0 Å². The van der Waals surface area contributed by atoms with Crippen LogP contribution in [0.15, 0.2) is 0 Å². The molecule has 0 radical (unpaired) electrons. The number of nitrogens with zero attached hydrogens (tertiary/aromatic N) is 1. The van der Waals surface area contributed by atoms with E-state index in [2.05, 4.69) is 38.0 Å². The lowest BCUT2D eigenvalue weighted by molar-refractivity contribution is 0.0817. The molecule has 17 heavy (non-hydrogen) atoms. The van der Waals surface area contributed by atoms with Gasteiger partial charge in [-0.15, -0.1) is 0 Å². The fourth-order valence-corrected chi connectivity index (χ4v) is 3.30. The molecule has 0 bridgehead atoms. The number of rotatable bonds is 6. The van der Waals surface area contributed by atoms with Crippen molar-refractivity contribution in [2.24, 2.45) is 11.3 Å². The molecule has 3 nitrogen and oxygen atoms in total. The van der Waals surface area contributed by atoms with Gasteiger partial charge in [-0.1, -0.05) is 27.2 Å². The SMILES string of the molecule is CCNC1C(CN(C)CCO)CCCC1(C)C. The van der Waals surface area contributed by atoms with Crippen LogP contribution in [0.3, 0.4) is 0 Å². The van der Waals surface area contributed by atoms with Crippen LogP contribution in [0.4, 0.5) is 0 Å². The van der Waals surface area contributed by atoms with Crippen LogP contribution in [0.2, 0.25) is 0 Å². The zero-order valence-corrected chi connectivity index (χ0v) is 12.0. The standard InChI is InChI=1S/C14H30N2O/c1-5-15-13-12(11-16(4)9-10-17)7-6-8-14(13,2)3/h12-13,15,17H,5-11H2,1-4H3. The topological polar surface area (TPSA) is 35.5 Å². The summed E-state index contributed by atoms with van der Waals surface area (Å²) in [7, 11) is 2.11. The average molecular weight is 242 g/mol. The van der Waals surface area contributed by atoms with Crippen molar-refractivity contribution in [2.45, 2.75) is 46.1 Å².